The normalized spacial score (nSPS) is 25.7. The van der Waals surface area contributed by atoms with Gasteiger partial charge in [-0.05, 0) is 159 Å². The number of fused-ring (bicyclic) bond motifs is 5. The van der Waals surface area contributed by atoms with E-state index in [0.717, 1.165) is 5.56 Å². The van der Waals surface area contributed by atoms with Crippen LogP contribution in [0.4, 0.5) is 10.5 Å². The molecule has 3 unspecified atom stereocenters. The molecule has 1 saturated heterocycles. The SMILES string of the molecule is COc1ccc(CC[C@H]2OC(=O)[C@@H]3CCCCN3C(=O)C(=O)C(C)(C)COC(=O)C=CCCCN(C)C(=O)[C@H](CC(C)C)N(C)C(=O)[C@H]3CCCC3C(=O)[C@H]3C[C@@H](NC(=O)OC(C)(C)C)CC3C(=O)C(c3ccccc3)CC(=O)CCC(=O)Nc3cccc2c3)cc1OC. The van der Waals surface area contributed by atoms with Gasteiger partial charge in [-0.15, -0.1) is 0 Å². The van der Waals surface area contributed by atoms with Gasteiger partial charge in [0.2, 0.25) is 23.5 Å². The Morgan fingerprint density at radius 3 is 2.13 bits per heavy atom. The van der Waals surface area contributed by atoms with Crippen LogP contribution in [0.1, 0.15) is 173 Å². The van der Waals surface area contributed by atoms with Crippen molar-refractivity contribution in [2.24, 2.45) is 35.0 Å². The number of anilines is 1. The van der Waals surface area contributed by atoms with E-state index in [1.807, 2.05) is 26.0 Å². The number of allylic oxidation sites excluding steroid dienone is 1. The summed E-state index contributed by atoms with van der Waals surface area (Å²) in [5, 5.41) is 5.78. The van der Waals surface area contributed by atoms with Crippen molar-refractivity contribution in [2.75, 3.05) is 53.3 Å². The number of hydrogen-bond donors (Lipinski definition) is 2. The number of esters is 2. The summed E-state index contributed by atoms with van der Waals surface area (Å²) in [6.45, 7) is 12.0. The van der Waals surface area contributed by atoms with Gasteiger partial charge in [0.15, 0.2) is 11.5 Å². The standard InChI is InChI=1S/C73H97N5O16/c1-45(2)38-58-68(86)76(8)36-18-13-16-29-63(81)92-44-73(6,7)66(84)69(87)78-37-19-17-28-57(78)70(88)93-59(33-30-46-31-34-60(90-10)61(39-46)91-11)48-24-20-25-49(40-48)74-62(80)35-32-51(79)43-54(47-22-14-12-15-23-47)65(83)56-42-50(75-71(89)94-72(3,4)5)41-55(56)64(82)52-26-21-27-53(52)67(85)77(58)9/h12,14-16,20,22-25,29,31,34,39-40,45,50,52-59H,13,17-19,21,26-28,30,32-33,35-38,41-44H2,1-11H3,(H,74,80)(H,75,89)/t50-,52?,53+,54?,55+,56?,57+,58+,59-/m1/s1. The van der Waals surface area contributed by atoms with Crippen LogP contribution in [-0.4, -0.2) is 151 Å². The lowest BCUT2D eigenvalue weighted by Gasteiger charge is -2.36. The topological polar surface area (TPSA) is 268 Å². The van der Waals surface area contributed by atoms with Crippen molar-refractivity contribution in [3.05, 3.63) is 102 Å². The minimum absolute atomic E-state index is 0.00760. The lowest BCUT2D eigenvalue weighted by molar-refractivity contribution is -0.165. The summed E-state index contributed by atoms with van der Waals surface area (Å²) in [6.07, 6.45) is 4.77. The van der Waals surface area contributed by atoms with E-state index in [0.29, 0.717) is 86.1 Å². The zero-order chi connectivity index (χ0) is 68.6. The summed E-state index contributed by atoms with van der Waals surface area (Å²) < 4.78 is 28.5. The van der Waals surface area contributed by atoms with Gasteiger partial charge in [-0.1, -0.05) is 74.9 Å². The van der Waals surface area contributed by atoms with Gasteiger partial charge in [0.25, 0.3) is 5.91 Å². The number of amides is 5. The van der Waals surface area contributed by atoms with E-state index in [4.69, 9.17) is 23.7 Å². The highest BCUT2D eigenvalue weighted by Crippen LogP contribution is 2.45. The molecule has 4 aliphatic rings. The number of benzene rings is 3. The van der Waals surface area contributed by atoms with Crippen LogP contribution in [0.3, 0.4) is 0 Å². The summed E-state index contributed by atoms with van der Waals surface area (Å²) in [4.78, 5) is 162. The summed E-state index contributed by atoms with van der Waals surface area (Å²) in [6, 6.07) is 18.3. The molecule has 3 fully saturated rings. The van der Waals surface area contributed by atoms with E-state index in [9.17, 15) is 43.2 Å². The molecule has 510 valence electrons. The molecule has 2 heterocycles. The maximum atomic E-state index is 15.4. The number of hydrogen-bond acceptors (Lipinski definition) is 16. The Bertz CT molecular complexity index is 3260. The summed E-state index contributed by atoms with van der Waals surface area (Å²) in [7, 11) is 6.28. The first-order valence-corrected chi connectivity index (χ1v) is 33.2. The van der Waals surface area contributed by atoms with Crippen molar-refractivity contribution in [1.29, 1.82) is 0 Å². The largest absolute Gasteiger partial charge is 0.493 e. The first-order valence-electron chi connectivity index (χ1n) is 33.2. The second-order valence-electron chi connectivity index (χ2n) is 27.7. The van der Waals surface area contributed by atoms with Crippen LogP contribution in [0.5, 0.6) is 11.5 Å². The predicted octanol–water partition coefficient (Wildman–Crippen LogP) is 10.1. The number of piperidine rings is 1. The first-order chi connectivity index (χ1) is 44.6. The summed E-state index contributed by atoms with van der Waals surface area (Å²) in [5.74, 6) is -9.10. The molecule has 5 amide bonds. The molecule has 3 aromatic carbocycles. The van der Waals surface area contributed by atoms with Gasteiger partial charge >= 0.3 is 18.0 Å². The lowest BCUT2D eigenvalue weighted by atomic mass is 9.75. The second kappa shape index (κ2) is 33.2. The van der Waals surface area contributed by atoms with E-state index in [2.05, 4.69) is 10.6 Å². The molecule has 2 aliphatic carbocycles. The molecule has 2 aliphatic heterocycles. The monoisotopic (exact) mass is 1300 g/mol. The fraction of sp³-hybridized carbons (Fsp3) is 0.575. The van der Waals surface area contributed by atoms with E-state index in [1.54, 1.807) is 107 Å². The van der Waals surface area contributed by atoms with Gasteiger partial charge < -0.3 is 49.0 Å². The van der Waals surface area contributed by atoms with Gasteiger partial charge in [0.1, 0.15) is 47.7 Å². The molecule has 2 N–H and O–H groups in total. The maximum Gasteiger partial charge on any atom is 0.407 e. The van der Waals surface area contributed by atoms with E-state index in [-0.39, 0.29) is 87.3 Å². The number of cyclic esters (lactones) is 2. The van der Waals surface area contributed by atoms with E-state index >= 15 is 9.59 Å². The van der Waals surface area contributed by atoms with Gasteiger partial charge in [0, 0.05) is 93.8 Å². The highest BCUT2D eigenvalue weighted by molar-refractivity contribution is 6.38. The van der Waals surface area contributed by atoms with Crippen LogP contribution in [-0.2, 0) is 68.6 Å². The van der Waals surface area contributed by atoms with Gasteiger partial charge in [-0.2, -0.15) is 0 Å². The number of likely N-dealkylation sites (N-methyl/N-ethyl adjacent to an activating group) is 2. The highest BCUT2D eigenvalue weighted by Gasteiger charge is 2.51. The number of carbonyl (C=O) groups is 11. The zero-order valence-electron chi connectivity index (χ0n) is 56.7. The summed E-state index contributed by atoms with van der Waals surface area (Å²) >= 11 is 0. The fourth-order valence-corrected chi connectivity index (χ4v) is 13.4. The Morgan fingerprint density at radius 2 is 1.44 bits per heavy atom. The van der Waals surface area contributed by atoms with Crippen molar-refractivity contribution < 1.29 is 76.4 Å². The quantitative estimate of drug-likeness (QED) is 0.115. The Kier molecular flexibility index (Phi) is 25.9. The number of alkyl carbamates (subject to hydrolysis) is 1. The van der Waals surface area contributed by atoms with Crippen LogP contribution in [0, 0.1) is 35.0 Å². The smallest absolute Gasteiger partial charge is 0.407 e. The minimum atomic E-state index is -1.49. The van der Waals surface area contributed by atoms with Crippen molar-refractivity contribution in [3.63, 3.8) is 0 Å². The highest BCUT2D eigenvalue weighted by atomic mass is 16.6. The van der Waals surface area contributed by atoms with E-state index < -0.39 is 113 Å². The van der Waals surface area contributed by atoms with E-state index in [1.165, 1.54) is 43.9 Å². The number of nitrogens with one attached hydrogen (secondary N) is 2. The molecule has 0 spiro atoms. The number of Topliss-reactive ketones (excluding diaryl/α,β-unsaturated/α-hetero) is 4. The van der Waals surface area contributed by atoms with Gasteiger partial charge in [0.05, 0.1) is 19.6 Å². The predicted molar refractivity (Wildman–Crippen MR) is 351 cm³/mol. The average molecular weight is 1300 g/mol. The van der Waals surface area contributed by atoms with Crippen LogP contribution in [0.15, 0.2) is 84.9 Å². The van der Waals surface area contributed by atoms with Crippen molar-refractivity contribution in [2.45, 2.75) is 187 Å². The molecule has 21 heteroatoms. The first kappa shape index (κ1) is 73.2. The fourth-order valence-electron chi connectivity index (χ4n) is 13.4. The number of methoxy groups -OCH3 is 2. The Labute approximate surface area is 553 Å². The molecule has 94 heavy (non-hydrogen) atoms. The molecule has 2 bridgehead atoms. The molecule has 2 saturated carbocycles. The van der Waals surface area contributed by atoms with Crippen LogP contribution in [0.25, 0.3) is 0 Å². The molecule has 0 radical (unpaired) electrons. The zero-order valence-corrected chi connectivity index (χ0v) is 56.7. The minimum Gasteiger partial charge on any atom is -0.493 e. The van der Waals surface area contributed by atoms with Crippen LogP contribution in [0.2, 0.25) is 0 Å². The molecule has 7 rings (SSSR count). The van der Waals surface area contributed by atoms with Crippen molar-refractivity contribution in [1.82, 2.24) is 20.0 Å². The molecular weight excluding hydrogens is 1200 g/mol. The lowest BCUT2D eigenvalue weighted by Crippen LogP contribution is -2.53. The van der Waals surface area contributed by atoms with Crippen molar-refractivity contribution in [3.8, 4) is 11.5 Å². The molecule has 0 aromatic heterocycles. The van der Waals surface area contributed by atoms with Crippen LogP contribution >= 0.6 is 0 Å². The average Bonchev–Trinajstić information content (AvgIpc) is 1.56. The third kappa shape index (κ3) is 19.7. The van der Waals surface area contributed by atoms with Gasteiger partial charge in [-0.25, -0.2) is 14.4 Å². The second-order valence-corrected chi connectivity index (χ2v) is 27.7. The van der Waals surface area contributed by atoms with Crippen molar-refractivity contribution >= 4 is 70.5 Å². The Hall–Kier alpha value is -8.23. The summed E-state index contributed by atoms with van der Waals surface area (Å²) in [5.41, 5.74) is -0.151. The third-order valence-corrected chi connectivity index (χ3v) is 18.5. The third-order valence-electron chi connectivity index (χ3n) is 18.5. The number of nitrogens with zero attached hydrogens (tertiary/aromatic N) is 3. The maximum absolute atomic E-state index is 15.4. The molecule has 21 nitrogen and oxygen atoms in total. The Balaban J connectivity index is 1.20. The number of rotatable bonds is 9. The number of carbonyl (C=O) groups excluding carboxylic acids is 11. The molecule has 3 aromatic rings. The van der Waals surface area contributed by atoms with Crippen LogP contribution < -0.4 is 20.1 Å². The Morgan fingerprint density at radius 1 is 0.745 bits per heavy atom. The molecule has 9 atom stereocenters. The number of aryl methyl sites for hydroxylation is 1. The number of ether oxygens (including phenoxy) is 5. The molecular formula is C73H97N5O16. The number of ketones is 4. The van der Waals surface area contributed by atoms with Gasteiger partial charge in [-0.3, -0.25) is 38.4 Å².